The van der Waals surface area contributed by atoms with E-state index in [0.29, 0.717) is 30.5 Å². The first-order chi connectivity index (χ1) is 11.2. The van der Waals surface area contributed by atoms with Crippen molar-refractivity contribution >= 4 is 29.1 Å². The molecule has 0 saturated heterocycles. The lowest BCUT2D eigenvalue weighted by atomic mass is 10.3. The van der Waals surface area contributed by atoms with E-state index in [9.17, 15) is 4.79 Å². The number of benzene rings is 1. The summed E-state index contributed by atoms with van der Waals surface area (Å²) in [6, 6.07) is 13.2. The molecule has 0 spiro atoms. The minimum atomic E-state index is -0.531. The standard InChI is InChI=1S/C16H20N4O3.ClH/c1-2-23-16(22)19-13-8-9-14(20-15(13)17-10-11-21)18-12-6-4-3-5-7-12;/h3-9,21H,2,10-11H2,1H3,(H,19,22)(H2,17,18,20);1H. The van der Waals surface area contributed by atoms with E-state index in [1.54, 1.807) is 24.4 Å². The van der Waals surface area contributed by atoms with Gasteiger partial charge in [0.25, 0.3) is 5.82 Å². The van der Waals surface area contributed by atoms with Gasteiger partial charge >= 0.3 is 6.09 Å². The van der Waals surface area contributed by atoms with Crippen LogP contribution in [0, 0.1) is 0 Å². The second-order valence-corrected chi connectivity index (χ2v) is 4.68. The van der Waals surface area contributed by atoms with Crippen molar-refractivity contribution in [3.05, 3.63) is 42.5 Å². The van der Waals surface area contributed by atoms with Gasteiger partial charge in [0.2, 0.25) is 0 Å². The number of hydrogen-bond donors (Lipinski definition) is 4. The Hall–Kier alpha value is -2.35. The maximum atomic E-state index is 11.6. The number of quaternary nitrogens is 1. The number of rotatable bonds is 7. The molecule has 1 aromatic heterocycles. The summed E-state index contributed by atoms with van der Waals surface area (Å²) in [5.41, 5.74) is 1.45. The molecule has 0 aliphatic carbocycles. The van der Waals surface area contributed by atoms with Gasteiger partial charge in [-0.25, -0.2) is 4.79 Å². The van der Waals surface area contributed by atoms with Gasteiger partial charge in [0.15, 0.2) is 0 Å². The Morgan fingerprint density at radius 1 is 1.25 bits per heavy atom. The van der Waals surface area contributed by atoms with Crippen LogP contribution >= 0.6 is 0 Å². The van der Waals surface area contributed by atoms with Gasteiger partial charge in [-0.2, -0.15) is 4.98 Å². The third-order valence-electron chi connectivity index (χ3n) is 2.95. The minimum Gasteiger partial charge on any atom is -1.00 e. The summed E-state index contributed by atoms with van der Waals surface area (Å²) in [4.78, 5) is 16.0. The number of aliphatic hydroxyl groups excluding tert-OH is 1. The van der Waals surface area contributed by atoms with E-state index in [1.165, 1.54) is 0 Å². The van der Waals surface area contributed by atoms with Gasteiger partial charge in [0.1, 0.15) is 18.1 Å². The Labute approximate surface area is 146 Å². The number of halogens is 1. The van der Waals surface area contributed by atoms with E-state index < -0.39 is 6.09 Å². The molecule has 1 aromatic carbocycles. The number of carbonyl (C=O) groups is 1. The highest BCUT2D eigenvalue weighted by atomic mass is 35.5. The SMILES string of the molecule is CCOC(=O)Nc1ccc(Nc2ccccc2)nc1[NH2+]CCO.[Cl-]. The Bertz CT molecular complexity index is 640. The molecule has 0 saturated carbocycles. The van der Waals surface area contributed by atoms with E-state index >= 15 is 0 Å². The van der Waals surface area contributed by atoms with E-state index in [0.717, 1.165) is 5.69 Å². The van der Waals surface area contributed by atoms with Crippen molar-refractivity contribution in [1.82, 2.24) is 4.98 Å². The van der Waals surface area contributed by atoms with Crippen LogP contribution in [-0.4, -0.2) is 35.9 Å². The Morgan fingerprint density at radius 3 is 2.67 bits per heavy atom. The van der Waals surface area contributed by atoms with Crippen molar-refractivity contribution in [3.63, 3.8) is 0 Å². The van der Waals surface area contributed by atoms with Crippen LogP contribution in [0.25, 0.3) is 0 Å². The van der Waals surface area contributed by atoms with Crippen LogP contribution in [0.2, 0.25) is 0 Å². The molecule has 8 heteroatoms. The number of aromatic nitrogens is 1. The highest BCUT2D eigenvalue weighted by molar-refractivity contribution is 5.87. The van der Waals surface area contributed by atoms with Crippen LogP contribution in [0.1, 0.15) is 6.92 Å². The number of ether oxygens (including phenoxy) is 1. The predicted molar refractivity (Wildman–Crippen MR) is 88.1 cm³/mol. The molecule has 7 nitrogen and oxygen atoms in total. The second-order valence-electron chi connectivity index (χ2n) is 4.68. The first-order valence-electron chi connectivity index (χ1n) is 7.44. The first kappa shape index (κ1) is 19.7. The highest BCUT2D eigenvalue weighted by Gasteiger charge is 2.13. The average molecular weight is 353 g/mol. The van der Waals surface area contributed by atoms with Crippen LogP contribution < -0.4 is 28.4 Å². The van der Waals surface area contributed by atoms with Crippen molar-refractivity contribution in [2.45, 2.75) is 6.92 Å². The number of aliphatic hydroxyl groups is 1. The number of anilines is 3. The fraction of sp³-hybridized carbons (Fsp3) is 0.250. The molecule has 1 amide bonds. The van der Waals surface area contributed by atoms with Crippen molar-refractivity contribution in [3.8, 4) is 0 Å². The minimum absolute atomic E-state index is 0. The normalized spacial score (nSPS) is 9.75. The molecule has 0 aliphatic rings. The van der Waals surface area contributed by atoms with E-state index in [1.807, 2.05) is 30.3 Å². The van der Waals surface area contributed by atoms with Gasteiger partial charge in [0.05, 0.1) is 13.2 Å². The number of para-hydroxylation sites is 1. The van der Waals surface area contributed by atoms with E-state index in [2.05, 4.69) is 15.6 Å². The topological polar surface area (TPSA) is 100 Å². The maximum Gasteiger partial charge on any atom is 0.411 e. The van der Waals surface area contributed by atoms with Crippen molar-refractivity contribution in [1.29, 1.82) is 0 Å². The zero-order valence-corrected chi connectivity index (χ0v) is 14.1. The zero-order chi connectivity index (χ0) is 16.5. The number of nitrogens with one attached hydrogen (secondary N) is 2. The van der Waals surface area contributed by atoms with Crippen molar-refractivity contribution in [2.24, 2.45) is 0 Å². The summed E-state index contributed by atoms with van der Waals surface area (Å²) in [5, 5.41) is 16.6. The fourth-order valence-electron chi connectivity index (χ4n) is 1.95. The molecular formula is C16H21ClN4O3. The lowest BCUT2D eigenvalue weighted by Gasteiger charge is -2.11. The number of nitrogens with two attached hydrogens (primary N) is 1. The molecule has 0 aliphatic heterocycles. The summed E-state index contributed by atoms with van der Waals surface area (Å²) < 4.78 is 4.87. The number of pyridine rings is 1. The molecule has 2 rings (SSSR count). The van der Waals surface area contributed by atoms with Crippen molar-refractivity contribution < 1.29 is 32.4 Å². The summed E-state index contributed by atoms with van der Waals surface area (Å²) in [6.45, 7) is 2.49. The predicted octanol–water partition coefficient (Wildman–Crippen LogP) is -1.42. The maximum absolute atomic E-state index is 11.6. The molecule has 2 aromatic rings. The van der Waals surface area contributed by atoms with Crippen LogP contribution in [0.3, 0.4) is 0 Å². The molecule has 1 heterocycles. The molecule has 0 atom stereocenters. The molecule has 0 unspecified atom stereocenters. The molecule has 0 fully saturated rings. The van der Waals surface area contributed by atoms with Crippen LogP contribution in [0.5, 0.6) is 0 Å². The summed E-state index contributed by atoms with van der Waals surface area (Å²) in [7, 11) is 0. The van der Waals surface area contributed by atoms with Gasteiger partial charge in [0, 0.05) is 5.69 Å². The smallest absolute Gasteiger partial charge is 0.411 e. The number of nitrogens with zero attached hydrogens (tertiary/aromatic N) is 1. The number of amides is 1. The van der Waals surface area contributed by atoms with Crippen LogP contribution in [-0.2, 0) is 4.74 Å². The largest absolute Gasteiger partial charge is 1.00 e. The van der Waals surface area contributed by atoms with E-state index in [4.69, 9.17) is 9.84 Å². The molecule has 130 valence electrons. The lowest BCUT2D eigenvalue weighted by Crippen LogP contribution is -3.00. The third-order valence-corrected chi connectivity index (χ3v) is 2.95. The highest BCUT2D eigenvalue weighted by Crippen LogP contribution is 2.20. The van der Waals surface area contributed by atoms with Gasteiger partial charge in [-0.3, -0.25) is 10.6 Å². The van der Waals surface area contributed by atoms with Gasteiger partial charge in [-0.05, 0) is 31.2 Å². The zero-order valence-electron chi connectivity index (χ0n) is 13.3. The van der Waals surface area contributed by atoms with Gasteiger partial charge in [-0.1, -0.05) is 18.2 Å². The fourth-order valence-corrected chi connectivity index (χ4v) is 1.95. The van der Waals surface area contributed by atoms with Gasteiger partial charge in [-0.15, -0.1) is 0 Å². The molecular weight excluding hydrogens is 332 g/mol. The van der Waals surface area contributed by atoms with Crippen molar-refractivity contribution in [2.75, 3.05) is 30.4 Å². The monoisotopic (exact) mass is 352 g/mol. The number of carbonyl (C=O) groups excluding carboxylic acids is 1. The first-order valence-corrected chi connectivity index (χ1v) is 7.44. The lowest BCUT2D eigenvalue weighted by molar-refractivity contribution is -0.576. The van der Waals surface area contributed by atoms with Gasteiger partial charge < -0.3 is 27.6 Å². The average Bonchev–Trinajstić information content (AvgIpc) is 2.56. The molecule has 0 bridgehead atoms. The van der Waals surface area contributed by atoms with E-state index in [-0.39, 0.29) is 19.0 Å². The Balaban J connectivity index is 0.00000288. The second kappa shape index (κ2) is 10.4. The summed E-state index contributed by atoms with van der Waals surface area (Å²) in [5.74, 6) is 1.22. The molecule has 24 heavy (non-hydrogen) atoms. The number of hydrogen-bond acceptors (Lipinski definition) is 5. The third kappa shape index (κ3) is 6.04. The Kier molecular flexibility index (Phi) is 8.56. The summed E-state index contributed by atoms with van der Waals surface area (Å²) >= 11 is 0. The summed E-state index contributed by atoms with van der Waals surface area (Å²) in [6.07, 6.45) is -0.531. The van der Waals surface area contributed by atoms with Crippen LogP contribution in [0.4, 0.5) is 27.8 Å². The molecule has 5 N–H and O–H groups in total. The quantitative estimate of drug-likeness (QED) is 0.490. The Morgan fingerprint density at radius 2 is 2.00 bits per heavy atom. The molecule has 0 radical (unpaired) electrons. The van der Waals surface area contributed by atoms with Crippen LogP contribution in [0.15, 0.2) is 42.5 Å².